The van der Waals surface area contributed by atoms with Crippen LogP contribution in [-0.4, -0.2) is 26.3 Å². The fourth-order valence-corrected chi connectivity index (χ4v) is 2.68. The number of H-pyrrole nitrogens is 1. The third kappa shape index (κ3) is 2.66. The number of nitrogens with zero attached hydrogens (tertiary/aromatic N) is 3. The van der Waals surface area contributed by atoms with Crippen molar-refractivity contribution in [3.8, 4) is 5.88 Å². The number of nitrogens with one attached hydrogen (secondary N) is 1. The fraction of sp³-hybridized carbons (Fsp3) is 0.615. The van der Waals surface area contributed by atoms with Crippen LogP contribution in [0.3, 0.4) is 0 Å². The van der Waals surface area contributed by atoms with Crippen molar-refractivity contribution < 1.29 is 4.74 Å². The number of hydrogen-bond acceptors (Lipinski definition) is 4. The van der Waals surface area contributed by atoms with Crippen LogP contribution in [0.2, 0.25) is 5.28 Å². The molecule has 0 unspecified atom stereocenters. The average Bonchev–Trinajstić information content (AvgIpc) is 2.80. The van der Waals surface area contributed by atoms with E-state index >= 15 is 0 Å². The molecule has 0 atom stereocenters. The normalized spacial score (nSPS) is 19.7. The lowest BCUT2D eigenvalue weighted by atomic mass is 9.76. The van der Waals surface area contributed by atoms with Gasteiger partial charge in [0.25, 0.3) is 0 Å². The maximum absolute atomic E-state index is 6.01. The van der Waals surface area contributed by atoms with E-state index in [1.165, 1.54) is 12.8 Å². The summed E-state index contributed by atoms with van der Waals surface area (Å²) in [7, 11) is 0. The molecule has 2 aromatic rings. The smallest absolute Gasteiger partial charge is 0.229 e. The van der Waals surface area contributed by atoms with E-state index in [0.717, 1.165) is 18.2 Å². The first-order chi connectivity index (χ1) is 9.03. The van der Waals surface area contributed by atoms with E-state index < -0.39 is 0 Å². The average molecular weight is 281 g/mol. The molecule has 1 aliphatic rings. The molecule has 102 valence electrons. The zero-order valence-electron chi connectivity index (χ0n) is 11.1. The van der Waals surface area contributed by atoms with Crippen LogP contribution >= 0.6 is 11.6 Å². The molecule has 5 nitrogen and oxygen atoms in total. The summed E-state index contributed by atoms with van der Waals surface area (Å²) in [4.78, 5) is 8.24. The molecule has 3 rings (SSSR count). The third-order valence-electron chi connectivity index (χ3n) is 3.81. The number of rotatable bonds is 2. The summed E-state index contributed by atoms with van der Waals surface area (Å²) in [5, 5.41) is 7.71. The number of halogens is 1. The van der Waals surface area contributed by atoms with E-state index in [2.05, 4.69) is 34.0 Å². The molecule has 2 aromatic heterocycles. The molecule has 0 amide bonds. The van der Waals surface area contributed by atoms with Gasteiger partial charge in [0.2, 0.25) is 11.2 Å². The zero-order chi connectivity index (χ0) is 13.5. The summed E-state index contributed by atoms with van der Waals surface area (Å²) in [5.41, 5.74) is 1.04. The van der Waals surface area contributed by atoms with Gasteiger partial charge in [-0.1, -0.05) is 13.8 Å². The Morgan fingerprint density at radius 3 is 2.79 bits per heavy atom. The van der Waals surface area contributed by atoms with Crippen LogP contribution < -0.4 is 4.74 Å². The SMILES string of the molecule is CC1(C)CCC(Oc2nc(Cl)nc3[nH]ncc23)CC1. The lowest BCUT2D eigenvalue weighted by molar-refractivity contribution is 0.0962. The van der Waals surface area contributed by atoms with Crippen LogP contribution in [0.1, 0.15) is 39.5 Å². The van der Waals surface area contributed by atoms with Crippen molar-refractivity contribution in [2.75, 3.05) is 0 Å². The predicted molar refractivity (Wildman–Crippen MR) is 73.4 cm³/mol. The Hall–Kier alpha value is -1.36. The maximum Gasteiger partial charge on any atom is 0.229 e. The van der Waals surface area contributed by atoms with Crippen LogP contribution in [-0.2, 0) is 0 Å². The number of ether oxygens (including phenoxy) is 1. The minimum absolute atomic E-state index is 0.183. The summed E-state index contributed by atoms with van der Waals surface area (Å²) >= 11 is 5.89. The van der Waals surface area contributed by atoms with E-state index in [9.17, 15) is 0 Å². The molecule has 0 saturated heterocycles. The molecule has 19 heavy (non-hydrogen) atoms. The van der Waals surface area contributed by atoms with Crippen LogP contribution in [0.25, 0.3) is 11.0 Å². The van der Waals surface area contributed by atoms with Gasteiger partial charge in [0.15, 0.2) is 5.65 Å². The second-order valence-corrected chi connectivity index (χ2v) is 6.25. The molecule has 0 aromatic carbocycles. The summed E-state index contributed by atoms with van der Waals surface area (Å²) in [6.45, 7) is 4.61. The second kappa shape index (κ2) is 4.63. The van der Waals surface area contributed by atoms with Gasteiger partial charge in [-0.2, -0.15) is 15.1 Å². The van der Waals surface area contributed by atoms with Crippen molar-refractivity contribution in [2.45, 2.75) is 45.6 Å². The van der Waals surface area contributed by atoms with Crippen LogP contribution in [0.15, 0.2) is 6.20 Å². The quantitative estimate of drug-likeness (QED) is 0.857. The monoisotopic (exact) mass is 280 g/mol. The highest BCUT2D eigenvalue weighted by atomic mass is 35.5. The number of aromatic nitrogens is 4. The lowest BCUT2D eigenvalue weighted by Crippen LogP contribution is -2.28. The molecule has 1 fully saturated rings. The molecule has 2 heterocycles. The highest BCUT2D eigenvalue weighted by Crippen LogP contribution is 2.37. The Bertz CT molecular complexity index is 585. The number of hydrogen-bond donors (Lipinski definition) is 1. The summed E-state index contributed by atoms with van der Waals surface area (Å²) in [6.07, 6.45) is 6.32. The van der Waals surface area contributed by atoms with Gasteiger partial charge in [-0.3, -0.25) is 5.10 Å². The van der Waals surface area contributed by atoms with E-state index in [0.29, 0.717) is 16.9 Å². The first kappa shape index (κ1) is 12.7. The first-order valence-electron chi connectivity index (χ1n) is 6.57. The van der Waals surface area contributed by atoms with Gasteiger partial charge < -0.3 is 4.74 Å². The molecule has 0 spiro atoms. The van der Waals surface area contributed by atoms with Gasteiger partial charge in [0, 0.05) is 0 Å². The molecule has 0 radical (unpaired) electrons. The Morgan fingerprint density at radius 2 is 2.05 bits per heavy atom. The van der Waals surface area contributed by atoms with Gasteiger partial charge in [0.1, 0.15) is 11.5 Å². The molecule has 0 aliphatic heterocycles. The van der Waals surface area contributed by atoms with Gasteiger partial charge >= 0.3 is 0 Å². The van der Waals surface area contributed by atoms with Crippen molar-refractivity contribution in [1.29, 1.82) is 0 Å². The summed E-state index contributed by atoms with van der Waals surface area (Å²) < 4.78 is 6.01. The van der Waals surface area contributed by atoms with Crippen molar-refractivity contribution in [1.82, 2.24) is 20.2 Å². The van der Waals surface area contributed by atoms with Crippen molar-refractivity contribution >= 4 is 22.6 Å². The van der Waals surface area contributed by atoms with Gasteiger partial charge in [-0.25, -0.2) is 0 Å². The highest BCUT2D eigenvalue weighted by Gasteiger charge is 2.28. The fourth-order valence-electron chi connectivity index (χ4n) is 2.52. The Balaban J connectivity index is 1.80. The van der Waals surface area contributed by atoms with Crippen molar-refractivity contribution in [3.63, 3.8) is 0 Å². The molecular weight excluding hydrogens is 264 g/mol. The minimum Gasteiger partial charge on any atom is -0.474 e. The summed E-state index contributed by atoms with van der Waals surface area (Å²) in [5.74, 6) is 0.536. The van der Waals surface area contributed by atoms with Gasteiger partial charge in [0.05, 0.1) is 6.20 Å². The molecule has 6 heteroatoms. The van der Waals surface area contributed by atoms with Gasteiger partial charge in [-0.05, 0) is 42.7 Å². The Kier molecular flexibility index (Phi) is 3.09. The van der Waals surface area contributed by atoms with E-state index in [-0.39, 0.29) is 11.4 Å². The van der Waals surface area contributed by atoms with Crippen LogP contribution in [0.4, 0.5) is 0 Å². The molecule has 0 bridgehead atoms. The molecular formula is C13H17ClN4O. The highest BCUT2D eigenvalue weighted by molar-refractivity contribution is 6.28. The van der Waals surface area contributed by atoms with Crippen LogP contribution in [0, 0.1) is 5.41 Å². The molecule has 1 N–H and O–H groups in total. The topological polar surface area (TPSA) is 63.7 Å². The van der Waals surface area contributed by atoms with Crippen LogP contribution in [0.5, 0.6) is 5.88 Å². The van der Waals surface area contributed by atoms with E-state index in [4.69, 9.17) is 16.3 Å². The lowest BCUT2D eigenvalue weighted by Gasteiger charge is -2.34. The number of fused-ring (bicyclic) bond motifs is 1. The molecule has 1 saturated carbocycles. The number of aromatic amines is 1. The largest absolute Gasteiger partial charge is 0.474 e. The van der Waals surface area contributed by atoms with Crippen molar-refractivity contribution in [2.24, 2.45) is 5.41 Å². The predicted octanol–water partition coefficient (Wildman–Crippen LogP) is 3.35. The standard InChI is InChI=1S/C13H17ClN4O/c1-13(2)5-3-8(4-6-13)19-11-9-7-15-18-10(9)16-12(14)17-11/h7-8H,3-6H2,1-2H3,(H,15,16,17,18). The van der Waals surface area contributed by atoms with E-state index in [1.54, 1.807) is 6.20 Å². The summed E-state index contributed by atoms with van der Waals surface area (Å²) in [6, 6.07) is 0. The zero-order valence-corrected chi connectivity index (χ0v) is 11.9. The van der Waals surface area contributed by atoms with Crippen molar-refractivity contribution in [3.05, 3.63) is 11.5 Å². The third-order valence-corrected chi connectivity index (χ3v) is 3.98. The first-order valence-corrected chi connectivity index (χ1v) is 6.95. The van der Waals surface area contributed by atoms with E-state index in [1.807, 2.05) is 0 Å². The maximum atomic E-state index is 6.01. The Labute approximate surface area is 116 Å². The van der Waals surface area contributed by atoms with Gasteiger partial charge in [-0.15, -0.1) is 0 Å². The minimum atomic E-state index is 0.183. The second-order valence-electron chi connectivity index (χ2n) is 5.91. The molecule has 1 aliphatic carbocycles. The Morgan fingerprint density at radius 1 is 1.32 bits per heavy atom.